The molecule has 2 rings (SSSR count). The van der Waals surface area contributed by atoms with Gasteiger partial charge in [0.2, 0.25) is 5.91 Å². The molecule has 0 radical (unpaired) electrons. The quantitative estimate of drug-likeness (QED) is 0.569. The minimum absolute atomic E-state index is 0.0182. The van der Waals surface area contributed by atoms with Crippen molar-refractivity contribution in [2.75, 3.05) is 20.1 Å². The van der Waals surface area contributed by atoms with Crippen molar-refractivity contribution in [2.24, 2.45) is 0 Å². The molecule has 0 spiro atoms. The van der Waals surface area contributed by atoms with Gasteiger partial charge < -0.3 is 15.1 Å². The van der Waals surface area contributed by atoms with E-state index in [4.69, 9.17) is 0 Å². The lowest BCUT2D eigenvalue weighted by molar-refractivity contribution is -0.385. The van der Waals surface area contributed by atoms with Crippen LogP contribution in [0, 0.1) is 17.0 Å². The van der Waals surface area contributed by atoms with Crippen LogP contribution in [-0.4, -0.2) is 64.8 Å². The highest BCUT2D eigenvalue weighted by atomic mass is 16.6. The third-order valence-corrected chi connectivity index (χ3v) is 5.29. The first-order valence-corrected chi connectivity index (χ1v) is 9.68. The Kier molecular flexibility index (Phi) is 7.12. The molecular formula is C20H30N4O4. The molecule has 1 saturated heterocycles. The normalized spacial score (nSPS) is 17.8. The van der Waals surface area contributed by atoms with E-state index < -0.39 is 11.0 Å². The number of rotatable bonds is 7. The second kappa shape index (κ2) is 9.14. The Morgan fingerprint density at radius 2 is 2.04 bits per heavy atom. The van der Waals surface area contributed by atoms with E-state index in [9.17, 15) is 19.7 Å². The van der Waals surface area contributed by atoms with E-state index in [1.54, 1.807) is 11.8 Å². The maximum Gasteiger partial charge on any atom is 0.272 e. The Hall–Kier alpha value is -2.48. The van der Waals surface area contributed by atoms with Gasteiger partial charge in [-0.3, -0.25) is 19.7 Å². The number of nitrogens with zero attached hydrogens (tertiary/aromatic N) is 3. The summed E-state index contributed by atoms with van der Waals surface area (Å²) >= 11 is 0. The van der Waals surface area contributed by atoms with Crippen molar-refractivity contribution in [1.82, 2.24) is 15.1 Å². The predicted molar refractivity (Wildman–Crippen MR) is 107 cm³/mol. The zero-order chi connectivity index (χ0) is 21.0. The number of likely N-dealkylation sites (tertiary alicyclic amines) is 1. The lowest BCUT2D eigenvalue weighted by Crippen LogP contribution is -2.50. The Balaban J connectivity index is 2.07. The van der Waals surface area contributed by atoms with Gasteiger partial charge in [0.1, 0.15) is 6.04 Å². The molecule has 2 atom stereocenters. The Labute approximate surface area is 166 Å². The number of hydrogen-bond acceptors (Lipinski definition) is 5. The SMILES string of the molecule is Cc1cc(C(=O)N2CCC[C@H]2C(=O)N[C@H](C)CN(C)C(C)C)ccc1[N+](=O)[O-]. The van der Waals surface area contributed by atoms with Crippen LogP contribution in [0.25, 0.3) is 0 Å². The molecule has 0 saturated carbocycles. The van der Waals surface area contributed by atoms with Gasteiger partial charge in [0.15, 0.2) is 0 Å². The largest absolute Gasteiger partial charge is 0.351 e. The number of nitro groups is 1. The molecule has 2 amide bonds. The first-order chi connectivity index (χ1) is 13.1. The van der Waals surface area contributed by atoms with Gasteiger partial charge >= 0.3 is 0 Å². The van der Waals surface area contributed by atoms with Crippen LogP contribution < -0.4 is 5.32 Å². The number of hydrogen-bond donors (Lipinski definition) is 1. The predicted octanol–water partition coefficient (Wildman–Crippen LogP) is 2.35. The van der Waals surface area contributed by atoms with Crippen molar-refractivity contribution in [1.29, 1.82) is 0 Å². The first-order valence-electron chi connectivity index (χ1n) is 9.68. The summed E-state index contributed by atoms with van der Waals surface area (Å²) < 4.78 is 0. The first kappa shape index (κ1) is 21.8. The monoisotopic (exact) mass is 390 g/mol. The van der Waals surface area contributed by atoms with Crippen LogP contribution in [0.2, 0.25) is 0 Å². The Morgan fingerprint density at radius 3 is 2.61 bits per heavy atom. The molecule has 28 heavy (non-hydrogen) atoms. The summed E-state index contributed by atoms with van der Waals surface area (Å²) in [6, 6.07) is 4.18. The highest BCUT2D eigenvalue weighted by molar-refractivity contribution is 5.98. The number of nitro benzene ring substituents is 1. The average molecular weight is 390 g/mol. The van der Waals surface area contributed by atoms with Gasteiger partial charge in [-0.1, -0.05) is 0 Å². The lowest BCUT2D eigenvalue weighted by Gasteiger charge is -2.28. The number of carbonyl (C=O) groups excluding carboxylic acids is 2. The molecular weight excluding hydrogens is 360 g/mol. The van der Waals surface area contributed by atoms with Crippen LogP contribution in [0.4, 0.5) is 5.69 Å². The molecule has 1 N–H and O–H groups in total. The summed E-state index contributed by atoms with van der Waals surface area (Å²) in [6.07, 6.45) is 1.38. The fraction of sp³-hybridized carbons (Fsp3) is 0.600. The summed E-state index contributed by atoms with van der Waals surface area (Å²) in [7, 11) is 2.01. The van der Waals surface area contributed by atoms with Gasteiger partial charge in [-0.25, -0.2) is 0 Å². The number of likely N-dealkylation sites (N-methyl/N-ethyl adjacent to an activating group) is 1. The lowest BCUT2D eigenvalue weighted by atomic mass is 10.1. The smallest absolute Gasteiger partial charge is 0.272 e. The molecule has 8 nitrogen and oxygen atoms in total. The van der Waals surface area contributed by atoms with E-state index in [1.807, 2.05) is 14.0 Å². The van der Waals surface area contributed by atoms with Crippen LogP contribution in [-0.2, 0) is 4.79 Å². The topological polar surface area (TPSA) is 95.8 Å². The minimum atomic E-state index is -0.505. The number of aryl methyl sites for hydroxylation is 1. The second-order valence-electron chi connectivity index (χ2n) is 7.86. The van der Waals surface area contributed by atoms with Crippen molar-refractivity contribution in [3.63, 3.8) is 0 Å². The van der Waals surface area contributed by atoms with Crippen molar-refractivity contribution < 1.29 is 14.5 Å². The zero-order valence-corrected chi connectivity index (χ0v) is 17.3. The fourth-order valence-corrected chi connectivity index (χ4v) is 3.47. The standard InChI is InChI=1S/C20H30N4O4/c1-13(2)22(5)12-15(4)21-19(25)18-7-6-10-23(18)20(26)16-8-9-17(24(27)28)14(3)11-16/h8-9,11,13,15,18H,6-7,10,12H2,1-5H3,(H,21,25)/t15-,18+/m1/s1. The number of carbonyl (C=O) groups is 2. The zero-order valence-electron chi connectivity index (χ0n) is 17.3. The van der Waals surface area contributed by atoms with Gasteiger partial charge in [-0.05, 0) is 59.7 Å². The molecule has 0 unspecified atom stereocenters. The van der Waals surface area contributed by atoms with Crippen molar-refractivity contribution >= 4 is 17.5 Å². The minimum Gasteiger partial charge on any atom is -0.351 e. The third-order valence-electron chi connectivity index (χ3n) is 5.29. The molecule has 1 aliphatic rings. The maximum atomic E-state index is 12.9. The number of amides is 2. The molecule has 1 fully saturated rings. The molecule has 1 heterocycles. The van der Waals surface area contributed by atoms with Crippen molar-refractivity contribution in [3.05, 3.63) is 39.4 Å². The van der Waals surface area contributed by atoms with Gasteiger partial charge in [0.25, 0.3) is 11.6 Å². The summed E-state index contributed by atoms with van der Waals surface area (Å²) in [6.45, 7) is 8.99. The summed E-state index contributed by atoms with van der Waals surface area (Å²) in [5.74, 6) is -0.406. The Morgan fingerprint density at radius 1 is 1.36 bits per heavy atom. The van der Waals surface area contributed by atoms with E-state index in [1.165, 1.54) is 18.2 Å². The van der Waals surface area contributed by atoms with E-state index in [0.29, 0.717) is 30.1 Å². The molecule has 8 heteroatoms. The van der Waals surface area contributed by atoms with Crippen LogP contribution in [0.5, 0.6) is 0 Å². The van der Waals surface area contributed by atoms with Crippen LogP contribution in [0.1, 0.15) is 49.5 Å². The molecule has 0 bridgehead atoms. The van der Waals surface area contributed by atoms with Gasteiger partial charge in [0.05, 0.1) is 4.92 Å². The average Bonchev–Trinajstić information content (AvgIpc) is 3.10. The van der Waals surface area contributed by atoms with Gasteiger partial charge in [-0.2, -0.15) is 0 Å². The Bertz CT molecular complexity index is 750. The molecule has 0 aromatic heterocycles. The van der Waals surface area contributed by atoms with Crippen molar-refractivity contribution in [2.45, 2.75) is 58.7 Å². The van der Waals surface area contributed by atoms with Crippen molar-refractivity contribution in [3.8, 4) is 0 Å². The second-order valence-corrected chi connectivity index (χ2v) is 7.86. The fourth-order valence-electron chi connectivity index (χ4n) is 3.47. The molecule has 1 aromatic carbocycles. The molecule has 0 aliphatic carbocycles. The van der Waals surface area contributed by atoms with Gasteiger partial charge in [-0.15, -0.1) is 0 Å². The van der Waals surface area contributed by atoms with Crippen LogP contribution >= 0.6 is 0 Å². The van der Waals surface area contributed by atoms with Crippen LogP contribution in [0.15, 0.2) is 18.2 Å². The summed E-state index contributed by atoms with van der Waals surface area (Å²) in [4.78, 5) is 39.9. The summed E-state index contributed by atoms with van der Waals surface area (Å²) in [5.41, 5.74) is 0.784. The van der Waals surface area contributed by atoms with Crippen LogP contribution in [0.3, 0.4) is 0 Å². The highest BCUT2D eigenvalue weighted by Gasteiger charge is 2.35. The molecule has 1 aromatic rings. The number of nitrogens with one attached hydrogen (secondary N) is 1. The van der Waals surface area contributed by atoms with Gasteiger partial charge in [0, 0.05) is 42.4 Å². The molecule has 154 valence electrons. The maximum absolute atomic E-state index is 12.9. The number of benzene rings is 1. The summed E-state index contributed by atoms with van der Waals surface area (Å²) in [5, 5.41) is 14.0. The third kappa shape index (κ3) is 5.07. The van der Waals surface area contributed by atoms with E-state index >= 15 is 0 Å². The molecule has 1 aliphatic heterocycles. The van der Waals surface area contributed by atoms with E-state index in [-0.39, 0.29) is 23.5 Å². The van der Waals surface area contributed by atoms with E-state index in [0.717, 1.165) is 13.0 Å². The highest BCUT2D eigenvalue weighted by Crippen LogP contribution is 2.24. The van der Waals surface area contributed by atoms with E-state index in [2.05, 4.69) is 24.1 Å².